The number of carbonyl (C=O) groups is 1. The summed E-state index contributed by atoms with van der Waals surface area (Å²) in [6.07, 6.45) is 3.47. The highest BCUT2D eigenvalue weighted by Gasteiger charge is 2.40. The van der Waals surface area contributed by atoms with Gasteiger partial charge < -0.3 is 0 Å². The molecule has 2 aromatic heterocycles. The monoisotopic (exact) mass is 392 g/mol. The van der Waals surface area contributed by atoms with Crippen molar-refractivity contribution in [2.24, 2.45) is 17.8 Å². The van der Waals surface area contributed by atoms with Gasteiger partial charge in [-0.3, -0.25) is 14.7 Å². The number of halogens is 3. The summed E-state index contributed by atoms with van der Waals surface area (Å²) in [5, 5.41) is 2.88. The van der Waals surface area contributed by atoms with E-state index in [-0.39, 0.29) is 17.6 Å². The zero-order valence-electron chi connectivity index (χ0n) is 15.5. The third-order valence-electron chi connectivity index (χ3n) is 6.85. The fourth-order valence-corrected chi connectivity index (χ4v) is 4.99. The van der Waals surface area contributed by atoms with Crippen LogP contribution in [0.2, 0.25) is 0 Å². The molecule has 4 aliphatic rings. The van der Waals surface area contributed by atoms with Gasteiger partial charge in [-0.05, 0) is 68.4 Å². The lowest BCUT2D eigenvalue weighted by Crippen LogP contribution is -2.38. The molecule has 28 heavy (non-hydrogen) atoms. The molecule has 6 rings (SSSR count). The summed E-state index contributed by atoms with van der Waals surface area (Å²) in [7, 11) is 0. The smallest absolute Gasteiger partial charge is 0.296 e. The molecule has 2 aromatic rings. The Balaban J connectivity index is 1.42. The molecule has 0 radical (unpaired) electrons. The second kappa shape index (κ2) is 6.46. The van der Waals surface area contributed by atoms with Crippen LogP contribution in [-0.2, 0) is 11.0 Å². The molecule has 2 bridgehead atoms. The lowest BCUT2D eigenvalue weighted by molar-refractivity contribution is -0.141. The molecular weight excluding hydrogens is 369 g/mol. The number of carbonyl (C=O) groups excluding carboxylic acids is 1. The Morgan fingerprint density at radius 1 is 1.14 bits per heavy atom. The third-order valence-corrected chi connectivity index (χ3v) is 6.85. The van der Waals surface area contributed by atoms with Gasteiger partial charge in [-0.2, -0.15) is 13.2 Å². The van der Waals surface area contributed by atoms with Crippen molar-refractivity contribution in [3.05, 3.63) is 17.8 Å². The maximum absolute atomic E-state index is 13.1. The molecule has 1 atom stereocenters. The largest absolute Gasteiger partial charge is 0.433 e. The van der Waals surface area contributed by atoms with Crippen LogP contribution in [0.15, 0.2) is 12.1 Å². The van der Waals surface area contributed by atoms with Gasteiger partial charge in [0.05, 0.1) is 0 Å². The van der Waals surface area contributed by atoms with Crippen LogP contribution in [0.3, 0.4) is 0 Å². The van der Waals surface area contributed by atoms with Crippen LogP contribution in [0.4, 0.5) is 19.1 Å². The number of imidazole rings is 1. The molecule has 2 heterocycles. The number of amides is 1. The quantitative estimate of drug-likeness (QED) is 0.802. The maximum atomic E-state index is 13.1. The number of nitrogens with zero attached hydrogens (tertiary/aromatic N) is 3. The Morgan fingerprint density at radius 2 is 1.93 bits per heavy atom. The van der Waals surface area contributed by atoms with Gasteiger partial charge in [0.25, 0.3) is 0 Å². The van der Waals surface area contributed by atoms with Gasteiger partial charge in [-0.25, -0.2) is 9.97 Å². The molecule has 150 valence electrons. The van der Waals surface area contributed by atoms with Gasteiger partial charge in [-0.15, -0.1) is 0 Å². The Hall–Kier alpha value is -2.12. The minimum Gasteiger partial charge on any atom is -0.296 e. The number of nitrogens with one attached hydrogen (secondary N) is 1. The van der Waals surface area contributed by atoms with Gasteiger partial charge in [0.15, 0.2) is 5.65 Å². The molecule has 0 saturated heterocycles. The van der Waals surface area contributed by atoms with Gasteiger partial charge in [0.2, 0.25) is 11.9 Å². The number of aromatic nitrogens is 3. The van der Waals surface area contributed by atoms with Crippen molar-refractivity contribution in [1.82, 2.24) is 14.5 Å². The molecule has 0 aliphatic heterocycles. The summed E-state index contributed by atoms with van der Waals surface area (Å²) in [6.45, 7) is 0. The van der Waals surface area contributed by atoms with Crippen LogP contribution in [-0.4, -0.2) is 20.4 Å². The van der Waals surface area contributed by atoms with Crippen LogP contribution >= 0.6 is 0 Å². The van der Waals surface area contributed by atoms with E-state index in [1.165, 1.54) is 25.3 Å². The summed E-state index contributed by atoms with van der Waals surface area (Å²) in [5.41, 5.74) is -0.343. The van der Waals surface area contributed by atoms with E-state index in [9.17, 15) is 18.0 Å². The molecule has 1 unspecified atom stereocenters. The van der Waals surface area contributed by atoms with Crippen molar-refractivity contribution in [3.8, 4) is 0 Å². The molecule has 0 aromatic carbocycles. The van der Waals surface area contributed by atoms with E-state index in [2.05, 4.69) is 15.3 Å². The van der Waals surface area contributed by atoms with Gasteiger partial charge >= 0.3 is 6.18 Å². The normalized spacial score (nSPS) is 27.3. The van der Waals surface area contributed by atoms with Crippen molar-refractivity contribution in [2.75, 3.05) is 5.32 Å². The molecule has 1 amide bonds. The first-order valence-electron chi connectivity index (χ1n) is 10.1. The Kier molecular flexibility index (Phi) is 4.14. The number of hydrogen-bond donors (Lipinski definition) is 1. The molecule has 1 N–H and O–H groups in total. The van der Waals surface area contributed by atoms with Gasteiger partial charge in [-0.1, -0.05) is 6.42 Å². The minimum absolute atomic E-state index is 0.0401. The molecule has 4 aliphatic carbocycles. The Labute approximate surface area is 160 Å². The van der Waals surface area contributed by atoms with Crippen molar-refractivity contribution < 1.29 is 18.0 Å². The van der Waals surface area contributed by atoms with Gasteiger partial charge in [0.1, 0.15) is 11.2 Å². The predicted octanol–water partition coefficient (Wildman–Crippen LogP) is 4.94. The van der Waals surface area contributed by atoms with Crippen molar-refractivity contribution in [3.63, 3.8) is 0 Å². The number of hydrogen-bond acceptors (Lipinski definition) is 3. The average Bonchev–Trinajstić information content (AvgIpc) is 2.89. The topological polar surface area (TPSA) is 59.8 Å². The van der Waals surface area contributed by atoms with E-state index in [0.717, 1.165) is 37.7 Å². The molecule has 5 nitrogen and oxygen atoms in total. The first kappa shape index (κ1) is 17.9. The summed E-state index contributed by atoms with van der Waals surface area (Å²) in [6, 6.07) is 2.32. The summed E-state index contributed by atoms with van der Waals surface area (Å²) in [4.78, 5) is 20.9. The summed E-state index contributed by atoms with van der Waals surface area (Å²) < 4.78 is 41.0. The van der Waals surface area contributed by atoms with E-state index < -0.39 is 11.9 Å². The second-order valence-corrected chi connectivity index (χ2v) is 8.61. The number of rotatable bonds is 4. The first-order chi connectivity index (χ1) is 13.4. The van der Waals surface area contributed by atoms with E-state index in [1.54, 1.807) is 4.57 Å². The standard InChI is InChI=1S/C20H23F3N4O/c21-20(22,23)16-7-6-15-18(25-16)27(14-2-1-3-14)19(24-15)26-17(28)10-12-5-4-11-8-13(12)9-11/h6-7,11-14H,1-5,8-10H2,(H,24,26,28). The molecule has 4 saturated carbocycles. The van der Waals surface area contributed by atoms with Crippen LogP contribution in [0.25, 0.3) is 11.2 Å². The summed E-state index contributed by atoms with van der Waals surface area (Å²) in [5.74, 6) is 2.18. The fraction of sp³-hybridized carbons (Fsp3) is 0.650. The molecular formula is C20H23F3N4O. The maximum Gasteiger partial charge on any atom is 0.433 e. The number of anilines is 1. The van der Waals surface area contributed by atoms with E-state index >= 15 is 0 Å². The van der Waals surface area contributed by atoms with Crippen molar-refractivity contribution >= 4 is 23.0 Å². The van der Waals surface area contributed by atoms with Crippen LogP contribution in [0.5, 0.6) is 0 Å². The molecule has 8 heteroatoms. The highest BCUT2D eigenvalue weighted by Crippen LogP contribution is 2.50. The number of alkyl halides is 3. The van der Waals surface area contributed by atoms with Crippen molar-refractivity contribution in [1.29, 1.82) is 0 Å². The zero-order valence-corrected chi connectivity index (χ0v) is 15.5. The minimum atomic E-state index is -4.51. The highest BCUT2D eigenvalue weighted by molar-refractivity contribution is 5.91. The lowest BCUT2D eigenvalue weighted by atomic mass is 9.59. The predicted molar refractivity (Wildman–Crippen MR) is 97.6 cm³/mol. The van der Waals surface area contributed by atoms with Crippen LogP contribution in [0.1, 0.15) is 63.1 Å². The first-order valence-corrected chi connectivity index (χ1v) is 10.1. The number of fused-ring (bicyclic) bond motifs is 3. The molecule has 4 fully saturated rings. The SMILES string of the molecule is O=C(CC1CCC2CC1C2)Nc1nc2ccc(C(F)(F)F)nc2n1C1CCC1. The Bertz CT molecular complexity index is 909. The van der Waals surface area contributed by atoms with Gasteiger partial charge in [0, 0.05) is 12.5 Å². The van der Waals surface area contributed by atoms with E-state index in [1.807, 2.05) is 0 Å². The Morgan fingerprint density at radius 3 is 2.54 bits per heavy atom. The van der Waals surface area contributed by atoms with Crippen LogP contribution < -0.4 is 5.32 Å². The van der Waals surface area contributed by atoms with E-state index in [4.69, 9.17) is 0 Å². The zero-order chi connectivity index (χ0) is 19.5. The van der Waals surface area contributed by atoms with E-state index in [0.29, 0.717) is 29.7 Å². The summed E-state index contributed by atoms with van der Waals surface area (Å²) >= 11 is 0. The highest BCUT2D eigenvalue weighted by atomic mass is 19.4. The average molecular weight is 392 g/mol. The molecule has 0 spiro atoms. The number of pyridine rings is 1. The second-order valence-electron chi connectivity index (χ2n) is 8.61. The fourth-order valence-electron chi connectivity index (χ4n) is 4.99. The third kappa shape index (κ3) is 3.06. The van der Waals surface area contributed by atoms with Crippen LogP contribution in [0, 0.1) is 17.8 Å². The lowest BCUT2D eigenvalue weighted by Gasteiger charge is -2.46. The van der Waals surface area contributed by atoms with Crippen molar-refractivity contribution in [2.45, 2.75) is 63.6 Å².